The Morgan fingerprint density at radius 3 is 2.57 bits per heavy atom. The second-order valence-corrected chi connectivity index (χ2v) is 9.67. The number of fused-ring (bicyclic) bond motifs is 1. The van der Waals surface area contributed by atoms with Crippen LogP contribution in [0.25, 0.3) is 28.1 Å². The Bertz CT molecular complexity index is 1420. The molecule has 0 saturated carbocycles. The minimum atomic E-state index is -0.715. The second kappa shape index (κ2) is 10.6. The number of rotatable bonds is 7. The molecule has 0 bridgehead atoms. The third-order valence-electron chi connectivity index (χ3n) is 6.57. The van der Waals surface area contributed by atoms with Crippen molar-refractivity contribution >= 4 is 22.9 Å². The van der Waals surface area contributed by atoms with E-state index in [-0.39, 0.29) is 18.3 Å². The fraction of sp³-hybridized carbons (Fsp3) is 0.258. The normalized spacial score (nSPS) is 18.0. The van der Waals surface area contributed by atoms with Crippen molar-refractivity contribution in [2.45, 2.75) is 51.5 Å². The SMILES string of the molecule is CC(C)n1c(/C=C/[C@@H]2C[C@@H](O)CC(=O)O2)c(-c2ccc(F)cc2)c2cc(OCc3ccccc3)ccc21. The maximum Gasteiger partial charge on any atom is 0.309 e. The van der Waals surface area contributed by atoms with Crippen LogP contribution in [-0.2, 0) is 16.1 Å². The van der Waals surface area contributed by atoms with Crippen molar-refractivity contribution < 1.29 is 23.8 Å². The Morgan fingerprint density at radius 1 is 1.11 bits per heavy atom. The molecule has 0 spiro atoms. The monoisotopic (exact) mass is 499 g/mol. The van der Waals surface area contributed by atoms with E-state index in [1.54, 1.807) is 12.1 Å². The molecular weight excluding hydrogens is 469 g/mol. The molecule has 1 N–H and O–H groups in total. The first-order valence-corrected chi connectivity index (χ1v) is 12.6. The van der Waals surface area contributed by atoms with Gasteiger partial charge in [0.1, 0.15) is 24.3 Å². The fourth-order valence-electron chi connectivity index (χ4n) is 4.91. The molecule has 0 unspecified atom stereocenters. The minimum Gasteiger partial charge on any atom is -0.489 e. The molecule has 1 saturated heterocycles. The van der Waals surface area contributed by atoms with Crippen LogP contribution in [0, 0.1) is 5.82 Å². The van der Waals surface area contributed by atoms with Gasteiger partial charge in [0.05, 0.1) is 12.5 Å². The number of esters is 1. The van der Waals surface area contributed by atoms with Gasteiger partial charge in [0.15, 0.2) is 0 Å². The zero-order valence-corrected chi connectivity index (χ0v) is 20.9. The number of ether oxygens (including phenoxy) is 2. The van der Waals surface area contributed by atoms with E-state index in [1.165, 1.54) is 12.1 Å². The predicted molar refractivity (Wildman–Crippen MR) is 143 cm³/mol. The molecular formula is C31H30FNO4. The Morgan fingerprint density at radius 2 is 1.86 bits per heavy atom. The number of carbonyl (C=O) groups is 1. The maximum absolute atomic E-state index is 13.8. The van der Waals surface area contributed by atoms with Crippen molar-refractivity contribution in [1.29, 1.82) is 0 Å². The Kier molecular flexibility index (Phi) is 7.10. The summed E-state index contributed by atoms with van der Waals surface area (Å²) in [5.74, 6) is 0.0284. The number of hydrogen-bond donors (Lipinski definition) is 1. The van der Waals surface area contributed by atoms with E-state index < -0.39 is 18.2 Å². The summed E-state index contributed by atoms with van der Waals surface area (Å²) in [7, 11) is 0. The van der Waals surface area contributed by atoms with Gasteiger partial charge in [-0.15, -0.1) is 0 Å². The van der Waals surface area contributed by atoms with Gasteiger partial charge < -0.3 is 19.1 Å². The van der Waals surface area contributed by atoms with Gasteiger partial charge in [-0.3, -0.25) is 4.79 Å². The van der Waals surface area contributed by atoms with Crippen LogP contribution >= 0.6 is 0 Å². The van der Waals surface area contributed by atoms with Crippen molar-refractivity contribution in [1.82, 2.24) is 4.57 Å². The molecule has 2 atom stereocenters. The number of nitrogens with zero attached hydrogens (tertiary/aromatic N) is 1. The number of carbonyl (C=O) groups excluding carboxylic acids is 1. The molecule has 1 aromatic heterocycles. The Balaban J connectivity index is 1.61. The number of aliphatic hydroxyl groups is 1. The highest BCUT2D eigenvalue weighted by molar-refractivity contribution is 6.01. The molecule has 1 fully saturated rings. The first-order chi connectivity index (χ1) is 17.9. The molecule has 1 aliphatic heterocycles. The van der Waals surface area contributed by atoms with Gasteiger partial charge in [0.2, 0.25) is 0 Å². The summed E-state index contributed by atoms with van der Waals surface area (Å²) >= 11 is 0. The largest absolute Gasteiger partial charge is 0.489 e. The highest BCUT2D eigenvalue weighted by atomic mass is 19.1. The highest BCUT2D eigenvalue weighted by Crippen LogP contribution is 2.40. The predicted octanol–water partition coefficient (Wildman–Crippen LogP) is 6.69. The van der Waals surface area contributed by atoms with E-state index in [1.807, 2.05) is 60.7 Å². The van der Waals surface area contributed by atoms with Crippen LogP contribution in [-0.4, -0.2) is 27.9 Å². The smallest absolute Gasteiger partial charge is 0.309 e. The number of hydrogen-bond acceptors (Lipinski definition) is 4. The van der Waals surface area contributed by atoms with E-state index in [0.717, 1.165) is 39.0 Å². The molecule has 2 heterocycles. The lowest BCUT2D eigenvalue weighted by atomic mass is 10.00. The number of cyclic esters (lactones) is 1. The van der Waals surface area contributed by atoms with Crippen molar-refractivity contribution in [2.75, 3.05) is 0 Å². The Hall–Kier alpha value is -3.90. The summed E-state index contributed by atoms with van der Waals surface area (Å²) in [6, 6.07) is 22.6. The first-order valence-electron chi connectivity index (χ1n) is 12.6. The molecule has 37 heavy (non-hydrogen) atoms. The number of aromatic nitrogens is 1. The third-order valence-corrected chi connectivity index (χ3v) is 6.57. The summed E-state index contributed by atoms with van der Waals surface area (Å²) < 4.78 is 27.6. The zero-order valence-electron chi connectivity index (χ0n) is 20.9. The minimum absolute atomic E-state index is 0.0170. The molecule has 4 aromatic rings. The van der Waals surface area contributed by atoms with E-state index in [0.29, 0.717) is 13.0 Å². The third kappa shape index (κ3) is 5.44. The molecule has 0 aliphatic carbocycles. The van der Waals surface area contributed by atoms with E-state index in [4.69, 9.17) is 9.47 Å². The van der Waals surface area contributed by atoms with Crippen LogP contribution < -0.4 is 4.74 Å². The van der Waals surface area contributed by atoms with E-state index in [9.17, 15) is 14.3 Å². The zero-order chi connectivity index (χ0) is 25.9. The topological polar surface area (TPSA) is 60.7 Å². The molecule has 6 heteroatoms. The first kappa shape index (κ1) is 24.8. The maximum atomic E-state index is 13.8. The number of benzene rings is 3. The van der Waals surface area contributed by atoms with Crippen LogP contribution in [0.2, 0.25) is 0 Å². The molecule has 3 aromatic carbocycles. The highest BCUT2D eigenvalue weighted by Gasteiger charge is 2.26. The van der Waals surface area contributed by atoms with Crippen molar-refractivity contribution in [3.63, 3.8) is 0 Å². The van der Waals surface area contributed by atoms with Crippen molar-refractivity contribution in [2.24, 2.45) is 0 Å². The number of aliphatic hydroxyl groups excluding tert-OH is 1. The number of halogens is 1. The summed E-state index contributed by atoms with van der Waals surface area (Å²) in [4.78, 5) is 11.9. The molecule has 190 valence electrons. The van der Waals surface area contributed by atoms with E-state index in [2.05, 4.69) is 18.4 Å². The van der Waals surface area contributed by atoms with Crippen LogP contribution in [0.4, 0.5) is 4.39 Å². The van der Waals surface area contributed by atoms with Crippen LogP contribution in [0.5, 0.6) is 5.75 Å². The fourth-order valence-corrected chi connectivity index (χ4v) is 4.91. The summed E-state index contributed by atoms with van der Waals surface area (Å²) in [6.07, 6.45) is 2.91. The van der Waals surface area contributed by atoms with Crippen LogP contribution in [0.1, 0.15) is 44.0 Å². The van der Waals surface area contributed by atoms with Gasteiger partial charge in [-0.1, -0.05) is 42.5 Å². The molecule has 5 nitrogen and oxygen atoms in total. The average Bonchev–Trinajstić information content (AvgIpc) is 3.20. The van der Waals surface area contributed by atoms with Crippen LogP contribution in [0.3, 0.4) is 0 Å². The molecule has 0 amide bonds. The Labute approximate surface area is 215 Å². The van der Waals surface area contributed by atoms with Gasteiger partial charge in [-0.05, 0) is 67.5 Å². The van der Waals surface area contributed by atoms with Gasteiger partial charge in [-0.25, -0.2) is 4.39 Å². The van der Waals surface area contributed by atoms with Gasteiger partial charge in [0, 0.05) is 34.6 Å². The quantitative estimate of drug-likeness (QED) is 0.288. The lowest BCUT2D eigenvalue weighted by Gasteiger charge is -2.23. The van der Waals surface area contributed by atoms with E-state index >= 15 is 0 Å². The molecule has 1 aliphatic rings. The summed E-state index contributed by atoms with van der Waals surface area (Å²) in [6.45, 7) is 4.66. The lowest BCUT2D eigenvalue weighted by molar-refractivity contribution is -0.156. The summed E-state index contributed by atoms with van der Waals surface area (Å²) in [5, 5.41) is 11.0. The molecule has 0 radical (unpaired) electrons. The van der Waals surface area contributed by atoms with Gasteiger partial charge in [-0.2, -0.15) is 0 Å². The summed E-state index contributed by atoms with van der Waals surface area (Å²) in [5.41, 5.74) is 4.81. The lowest BCUT2D eigenvalue weighted by Crippen LogP contribution is -2.31. The molecule has 5 rings (SSSR count). The van der Waals surface area contributed by atoms with Gasteiger partial charge in [0.25, 0.3) is 0 Å². The van der Waals surface area contributed by atoms with Crippen molar-refractivity contribution in [3.05, 3.63) is 95.9 Å². The standard InChI is InChI=1S/C31H30FNO4/c1-20(2)33-28-14-12-25(36-19-21-6-4-3-5-7-21)18-27(28)31(22-8-10-23(32)11-9-22)29(33)15-13-26-16-24(34)17-30(35)37-26/h3-15,18,20,24,26,34H,16-17,19H2,1-2H3/b15-13+/t24-,26-/m1/s1. The van der Waals surface area contributed by atoms with Crippen molar-refractivity contribution in [3.8, 4) is 16.9 Å². The van der Waals surface area contributed by atoms with Crippen LogP contribution in [0.15, 0.2) is 78.9 Å². The second-order valence-electron chi connectivity index (χ2n) is 9.67. The van der Waals surface area contributed by atoms with Gasteiger partial charge >= 0.3 is 5.97 Å². The average molecular weight is 500 g/mol.